The minimum Gasteiger partial charge on any atom is -0.497 e. The van der Waals surface area contributed by atoms with Crippen LogP contribution in [-0.2, 0) is 11.3 Å². The van der Waals surface area contributed by atoms with Crippen LogP contribution < -0.4 is 15.0 Å². The Hall–Kier alpha value is -2.53. The van der Waals surface area contributed by atoms with Crippen LogP contribution >= 0.6 is 11.6 Å². The number of hydrogen-bond donors (Lipinski definition) is 1. The first-order valence-electron chi connectivity index (χ1n) is 8.09. The van der Waals surface area contributed by atoms with Crippen molar-refractivity contribution in [1.82, 2.24) is 5.32 Å². The van der Waals surface area contributed by atoms with Gasteiger partial charge in [-0.15, -0.1) is 0 Å². The number of methoxy groups -OCH3 is 1. The Balaban J connectivity index is 1.76. The number of amides is 2. The van der Waals surface area contributed by atoms with Crippen LogP contribution in [0.4, 0.5) is 5.69 Å². The van der Waals surface area contributed by atoms with Gasteiger partial charge in [0.1, 0.15) is 5.75 Å². The summed E-state index contributed by atoms with van der Waals surface area (Å²) in [5.41, 5.74) is 1.98. The van der Waals surface area contributed by atoms with Gasteiger partial charge in [-0.05, 0) is 42.3 Å². The minimum atomic E-state index is -0.234. The first-order chi connectivity index (χ1) is 12.1. The molecule has 5 nitrogen and oxygen atoms in total. The molecule has 0 spiro atoms. The van der Waals surface area contributed by atoms with Gasteiger partial charge in [-0.2, -0.15) is 0 Å². The standard InChI is InChI=1S/C19H19ClN2O3/c1-25-15-7-4-13(5-8-15)12-21-19(24)16-9-6-14(20)11-17(16)22-10-2-3-18(22)23/h4-9,11H,2-3,10,12H2,1H3,(H,21,24). The van der Waals surface area contributed by atoms with Gasteiger partial charge < -0.3 is 15.0 Å². The van der Waals surface area contributed by atoms with E-state index in [0.717, 1.165) is 17.7 Å². The summed E-state index contributed by atoms with van der Waals surface area (Å²) in [4.78, 5) is 26.3. The van der Waals surface area contributed by atoms with Crippen LogP contribution in [0.3, 0.4) is 0 Å². The molecule has 2 aromatic carbocycles. The summed E-state index contributed by atoms with van der Waals surface area (Å²) in [6.07, 6.45) is 1.29. The highest BCUT2D eigenvalue weighted by atomic mass is 35.5. The van der Waals surface area contributed by atoms with E-state index in [-0.39, 0.29) is 11.8 Å². The molecular formula is C19H19ClN2O3. The lowest BCUT2D eigenvalue weighted by atomic mass is 10.1. The van der Waals surface area contributed by atoms with Crippen LogP contribution in [0.1, 0.15) is 28.8 Å². The van der Waals surface area contributed by atoms with Gasteiger partial charge in [-0.25, -0.2) is 0 Å². The lowest BCUT2D eigenvalue weighted by Crippen LogP contribution is -2.29. The van der Waals surface area contributed by atoms with E-state index in [0.29, 0.717) is 35.8 Å². The monoisotopic (exact) mass is 358 g/mol. The lowest BCUT2D eigenvalue weighted by molar-refractivity contribution is -0.117. The Morgan fingerprint density at radius 1 is 1.24 bits per heavy atom. The number of anilines is 1. The number of rotatable bonds is 5. The number of carbonyl (C=O) groups is 2. The fourth-order valence-electron chi connectivity index (χ4n) is 2.84. The molecule has 1 N–H and O–H groups in total. The minimum absolute atomic E-state index is 0.0199. The second-order valence-electron chi connectivity index (χ2n) is 5.84. The zero-order valence-electron chi connectivity index (χ0n) is 13.9. The van der Waals surface area contributed by atoms with Crippen molar-refractivity contribution < 1.29 is 14.3 Å². The maximum atomic E-state index is 12.6. The molecule has 0 radical (unpaired) electrons. The Kier molecular flexibility index (Phi) is 5.24. The average Bonchev–Trinajstić information content (AvgIpc) is 3.06. The average molecular weight is 359 g/mol. The fourth-order valence-corrected chi connectivity index (χ4v) is 3.01. The van der Waals surface area contributed by atoms with Crippen LogP contribution in [0.5, 0.6) is 5.75 Å². The van der Waals surface area contributed by atoms with E-state index in [1.165, 1.54) is 0 Å². The lowest BCUT2D eigenvalue weighted by Gasteiger charge is -2.19. The van der Waals surface area contributed by atoms with Gasteiger partial charge >= 0.3 is 0 Å². The predicted molar refractivity (Wildman–Crippen MR) is 97.2 cm³/mol. The topological polar surface area (TPSA) is 58.6 Å². The molecule has 2 amide bonds. The molecular weight excluding hydrogens is 340 g/mol. The molecule has 1 saturated heterocycles. The van der Waals surface area contributed by atoms with E-state index in [1.807, 2.05) is 24.3 Å². The van der Waals surface area contributed by atoms with Crippen LogP contribution in [-0.4, -0.2) is 25.5 Å². The van der Waals surface area contributed by atoms with Crippen molar-refractivity contribution in [2.45, 2.75) is 19.4 Å². The summed E-state index contributed by atoms with van der Waals surface area (Å²) in [6, 6.07) is 12.5. The van der Waals surface area contributed by atoms with Crippen LogP contribution in [0.15, 0.2) is 42.5 Å². The Morgan fingerprint density at radius 3 is 2.64 bits per heavy atom. The van der Waals surface area contributed by atoms with Crippen LogP contribution in [0, 0.1) is 0 Å². The van der Waals surface area contributed by atoms with Gasteiger partial charge in [0.25, 0.3) is 5.91 Å². The van der Waals surface area contributed by atoms with E-state index in [2.05, 4.69) is 5.32 Å². The smallest absolute Gasteiger partial charge is 0.253 e. The van der Waals surface area contributed by atoms with E-state index in [4.69, 9.17) is 16.3 Å². The highest BCUT2D eigenvalue weighted by Crippen LogP contribution is 2.28. The Labute approximate surface area is 151 Å². The molecule has 0 bridgehead atoms. The molecule has 130 valence electrons. The number of carbonyl (C=O) groups excluding carboxylic acids is 2. The van der Waals surface area contributed by atoms with Crippen molar-refractivity contribution in [2.75, 3.05) is 18.6 Å². The van der Waals surface area contributed by atoms with E-state index >= 15 is 0 Å². The highest BCUT2D eigenvalue weighted by Gasteiger charge is 2.26. The summed E-state index contributed by atoms with van der Waals surface area (Å²) in [5, 5.41) is 3.39. The third-order valence-corrected chi connectivity index (χ3v) is 4.42. The van der Waals surface area contributed by atoms with Crippen molar-refractivity contribution in [3.63, 3.8) is 0 Å². The van der Waals surface area contributed by atoms with Crippen molar-refractivity contribution >= 4 is 29.1 Å². The molecule has 0 atom stereocenters. The molecule has 0 aliphatic carbocycles. The maximum Gasteiger partial charge on any atom is 0.253 e. The number of ether oxygens (including phenoxy) is 1. The Bertz CT molecular complexity index is 790. The molecule has 0 aromatic heterocycles. The van der Waals surface area contributed by atoms with E-state index in [1.54, 1.807) is 30.2 Å². The van der Waals surface area contributed by atoms with Crippen LogP contribution in [0.25, 0.3) is 0 Å². The molecule has 1 fully saturated rings. The summed E-state index contributed by atoms with van der Waals surface area (Å²) in [5.74, 6) is 0.552. The zero-order valence-corrected chi connectivity index (χ0v) is 14.7. The molecule has 0 saturated carbocycles. The second kappa shape index (κ2) is 7.57. The molecule has 2 aromatic rings. The molecule has 25 heavy (non-hydrogen) atoms. The number of benzene rings is 2. The third kappa shape index (κ3) is 3.94. The van der Waals surface area contributed by atoms with Gasteiger partial charge in [-0.3, -0.25) is 9.59 Å². The summed E-state index contributed by atoms with van der Waals surface area (Å²) < 4.78 is 5.12. The van der Waals surface area contributed by atoms with Crippen molar-refractivity contribution in [3.05, 3.63) is 58.6 Å². The van der Waals surface area contributed by atoms with Crippen molar-refractivity contribution in [1.29, 1.82) is 0 Å². The third-order valence-electron chi connectivity index (χ3n) is 4.18. The van der Waals surface area contributed by atoms with Crippen LogP contribution in [0.2, 0.25) is 5.02 Å². The van der Waals surface area contributed by atoms with Crippen molar-refractivity contribution in [3.8, 4) is 5.75 Å². The fraction of sp³-hybridized carbons (Fsp3) is 0.263. The summed E-state index contributed by atoms with van der Waals surface area (Å²) in [7, 11) is 1.61. The number of nitrogens with one attached hydrogen (secondary N) is 1. The summed E-state index contributed by atoms with van der Waals surface area (Å²) >= 11 is 6.07. The van der Waals surface area contributed by atoms with Gasteiger partial charge in [0, 0.05) is 24.5 Å². The van der Waals surface area contributed by atoms with Gasteiger partial charge in [0.2, 0.25) is 5.91 Å². The molecule has 1 aliphatic heterocycles. The predicted octanol–water partition coefficient (Wildman–Crippen LogP) is 3.41. The first kappa shape index (κ1) is 17.3. The molecule has 6 heteroatoms. The Morgan fingerprint density at radius 2 is 2.00 bits per heavy atom. The van der Waals surface area contributed by atoms with Gasteiger partial charge in [0.15, 0.2) is 0 Å². The normalized spacial score (nSPS) is 13.8. The number of halogens is 1. The quantitative estimate of drug-likeness (QED) is 0.891. The molecule has 1 aliphatic rings. The molecule has 0 unspecified atom stereocenters. The van der Waals surface area contributed by atoms with Gasteiger partial charge in [0.05, 0.1) is 18.4 Å². The summed E-state index contributed by atoms with van der Waals surface area (Å²) in [6.45, 7) is 0.997. The molecule has 3 rings (SSSR count). The zero-order chi connectivity index (χ0) is 17.8. The number of nitrogens with zero attached hydrogens (tertiary/aromatic N) is 1. The largest absolute Gasteiger partial charge is 0.497 e. The first-order valence-corrected chi connectivity index (χ1v) is 8.47. The maximum absolute atomic E-state index is 12.6. The van der Waals surface area contributed by atoms with E-state index < -0.39 is 0 Å². The van der Waals surface area contributed by atoms with Crippen molar-refractivity contribution in [2.24, 2.45) is 0 Å². The SMILES string of the molecule is COc1ccc(CNC(=O)c2ccc(Cl)cc2N2CCCC2=O)cc1. The molecule has 1 heterocycles. The van der Waals surface area contributed by atoms with E-state index in [9.17, 15) is 9.59 Å². The second-order valence-corrected chi connectivity index (χ2v) is 6.28. The van der Waals surface area contributed by atoms with Gasteiger partial charge in [-0.1, -0.05) is 23.7 Å². The highest BCUT2D eigenvalue weighted by molar-refractivity contribution is 6.31. The number of hydrogen-bond acceptors (Lipinski definition) is 3.